The third-order valence-electron chi connectivity index (χ3n) is 2.93. The van der Waals surface area contributed by atoms with E-state index in [4.69, 9.17) is 5.11 Å². The van der Waals surface area contributed by atoms with Crippen molar-refractivity contribution in [2.75, 3.05) is 18.8 Å². The average molecular weight is 313 g/mol. The van der Waals surface area contributed by atoms with E-state index in [0.29, 0.717) is 13.0 Å². The maximum Gasteiger partial charge on any atom is 0.323 e. The molecule has 1 rings (SSSR count). The number of sulfone groups is 1. The van der Waals surface area contributed by atoms with Crippen LogP contribution in [0.2, 0.25) is 0 Å². The second-order valence-corrected chi connectivity index (χ2v) is 6.83. The van der Waals surface area contributed by atoms with Crippen molar-refractivity contribution in [1.29, 1.82) is 0 Å². The van der Waals surface area contributed by atoms with Crippen LogP contribution >= 0.6 is 0 Å². The van der Waals surface area contributed by atoms with Gasteiger partial charge in [0.25, 0.3) is 5.91 Å². The SMILES string of the molecule is CCCN(CC(=O)O)C(=O)c1cccc(S(=O)(=O)CC)c1. The van der Waals surface area contributed by atoms with Crippen molar-refractivity contribution in [2.24, 2.45) is 0 Å². The van der Waals surface area contributed by atoms with E-state index in [0.717, 1.165) is 0 Å². The number of carboxylic acid groups (broad SMARTS) is 1. The zero-order valence-corrected chi connectivity index (χ0v) is 12.9. The van der Waals surface area contributed by atoms with Gasteiger partial charge in [-0.1, -0.05) is 19.9 Å². The largest absolute Gasteiger partial charge is 0.480 e. The summed E-state index contributed by atoms with van der Waals surface area (Å²) in [5.41, 5.74) is 0.180. The summed E-state index contributed by atoms with van der Waals surface area (Å²) >= 11 is 0. The molecule has 0 saturated carbocycles. The van der Waals surface area contributed by atoms with Crippen LogP contribution in [-0.2, 0) is 14.6 Å². The Morgan fingerprint density at radius 2 is 1.90 bits per heavy atom. The topological polar surface area (TPSA) is 91.8 Å². The van der Waals surface area contributed by atoms with E-state index in [9.17, 15) is 18.0 Å². The number of nitrogens with zero attached hydrogens (tertiary/aromatic N) is 1. The summed E-state index contributed by atoms with van der Waals surface area (Å²) in [6, 6.07) is 5.70. The molecule has 0 aliphatic heterocycles. The van der Waals surface area contributed by atoms with Gasteiger partial charge in [0.2, 0.25) is 0 Å². The lowest BCUT2D eigenvalue weighted by molar-refractivity contribution is -0.137. The number of benzene rings is 1. The molecule has 1 aromatic rings. The van der Waals surface area contributed by atoms with Crippen LogP contribution in [0.5, 0.6) is 0 Å². The molecular weight excluding hydrogens is 294 g/mol. The Labute approximate surface area is 124 Å². The van der Waals surface area contributed by atoms with E-state index in [-0.39, 0.29) is 16.2 Å². The first-order valence-electron chi connectivity index (χ1n) is 6.65. The number of aliphatic carboxylic acids is 1. The molecule has 21 heavy (non-hydrogen) atoms. The summed E-state index contributed by atoms with van der Waals surface area (Å²) in [6.07, 6.45) is 0.617. The van der Waals surface area contributed by atoms with Crippen LogP contribution in [0.4, 0.5) is 0 Å². The highest BCUT2D eigenvalue weighted by molar-refractivity contribution is 7.91. The van der Waals surface area contributed by atoms with Gasteiger partial charge >= 0.3 is 5.97 Å². The number of hydrogen-bond donors (Lipinski definition) is 1. The predicted molar refractivity (Wildman–Crippen MR) is 78.0 cm³/mol. The number of carbonyl (C=O) groups excluding carboxylic acids is 1. The molecule has 0 bridgehead atoms. The smallest absolute Gasteiger partial charge is 0.323 e. The van der Waals surface area contributed by atoms with E-state index >= 15 is 0 Å². The van der Waals surface area contributed by atoms with Crippen LogP contribution in [0.15, 0.2) is 29.2 Å². The van der Waals surface area contributed by atoms with Crippen molar-refractivity contribution in [1.82, 2.24) is 4.90 Å². The average Bonchev–Trinajstić information content (AvgIpc) is 2.45. The van der Waals surface area contributed by atoms with Crippen LogP contribution in [0.25, 0.3) is 0 Å². The van der Waals surface area contributed by atoms with Crippen LogP contribution in [0.1, 0.15) is 30.6 Å². The maximum absolute atomic E-state index is 12.3. The Bertz CT molecular complexity index is 624. The van der Waals surface area contributed by atoms with Gasteiger partial charge in [-0.15, -0.1) is 0 Å². The Kier molecular flexibility index (Phi) is 5.90. The molecule has 0 spiro atoms. The summed E-state index contributed by atoms with van der Waals surface area (Å²) in [5, 5.41) is 8.84. The lowest BCUT2D eigenvalue weighted by Gasteiger charge is -2.20. The minimum absolute atomic E-state index is 0.0571. The van der Waals surface area contributed by atoms with E-state index in [1.807, 2.05) is 6.92 Å². The quantitative estimate of drug-likeness (QED) is 0.822. The van der Waals surface area contributed by atoms with Gasteiger partial charge in [0, 0.05) is 12.1 Å². The highest BCUT2D eigenvalue weighted by Crippen LogP contribution is 2.15. The van der Waals surface area contributed by atoms with Crippen LogP contribution < -0.4 is 0 Å². The molecule has 1 N–H and O–H groups in total. The predicted octanol–water partition coefficient (Wildman–Crippen LogP) is 1.42. The molecule has 0 aliphatic rings. The van der Waals surface area contributed by atoms with E-state index in [1.54, 1.807) is 0 Å². The third-order valence-corrected chi connectivity index (χ3v) is 4.66. The summed E-state index contributed by atoms with van der Waals surface area (Å²) in [7, 11) is -3.40. The molecule has 0 aliphatic carbocycles. The van der Waals surface area contributed by atoms with E-state index < -0.39 is 28.3 Å². The van der Waals surface area contributed by atoms with Crippen LogP contribution in [0, 0.1) is 0 Å². The van der Waals surface area contributed by atoms with Gasteiger partial charge in [0.15, 0.2) is 9.84 Å². The number of carboxylic acids is 1. The normalized spacial score (nSPS) is 11.1. The Hall–Kier alpha value is -1.89. The van der Waals surface area contributed by atoms with Gasteiger partial charge in [0.05, 0.1) is 10.6 Å². The van der Waals surface area contributed by atoms with Gasteiger partial charge in [-0.25, -0.2) is 8.42 Å². The van der Waals surface area contributed by atoms with E-state index in [1.165, 1.54) is 36.1 Å². The lowest BCUT2D eigenvalue weighted by Crippen LogP contribution is -2.36. The molecule has 0 unspecified atom stereocenters. The number of carbonyl (C=O) groups is 2. The Morgan fingerprint density at radius 3 is 2.43 bits per heavy atom. The van der Waals surface area contributed by atoms with Crippen molar-refractivity contribution in [2.45, 2.75) is 25.2 Å². The maximum atomic E-state index is 12.3. The van der Waals surface area contributed by atoms with Crippen molar-refractivity contribution < 1.29 is 23.1 Å². The lowest BCUT2D eigenvalue weighted by atomic mass is 10.2. The molecular formula is C14H19NO5S. The number of rotatable bonds is 7. The van der Waals surface area contributed by atoms with Crippen LogP contribution in [-0.4, -0.2) is 49.1 Å². The molecule has 1 aromatic carbocycles. The van der Waals surface area contributed by atoms with E-state index in [2.05, 4.69) is 0 Å². The first-order valence-corrected chi connectivity index (χ1v) is 8.31. The van der Waals surface area contributed by atoms with Gasteiger partial charge in [-0.3, -0.25) is 9.59 Å². The molecule has 0 atom stereocenters. The Morgan fingerprint density at radius 1 is 1.24 bits per heavy atom. The Balaban J connectivity index is 3.11. The second-order valence-electron chi connectivity index (χ2n) is 4.55. The first-order chi connectivity index (χ1) is 9.81. The fourth-order valence-corrected chi connectivity index (χ4v) is 2.78. The van der Waals surface area contributed by atoms with Crippen molar-refractivity contribution in [3.63, 3.8) is 0 Å². The van der Waals surface area contributed by atoms with Crippen molar-refractivity contribution >= 4 is 21.7 Å². The highest BCUT2D eigenvalue weighted by atomic mass is 32.2. The standard InChI is InChI=1S/C14H19NO5S/c1-3-8-15(10-13(16)17)14(18)11-6-5-7-12(9-11)21(19,20)4-2/h5-7,9H,3-4,8,10H2,1-2H3,(H,16,17). The molecule has 0 saturated heterocycles. The molecule has 116 valence electrons. The van der Waals surface area contributed by atoms with Gasteiger partial charge in [-0.05, 0) is 24.6 Å². The van der Waals surface area contributed by atoms with Gasteiger partial charge in [-0.2, -0.15) is 0 Å². The molecule has 6 nitrogen and oxygen atoms in total. The minimum Gasteiger partial charge on any atom is -0.480 e. The molecule has 7 heteroatoms. The zero-order chi connectivity index (χ0) is 16.0. The van der Waals surface area contributed by atoms with Crippen LogP contribution in [0.3, 0.4) is 0 Å². The number of amides is 1. The van der Waals surface area contributed by atoms with Crippen molar-refractivity contribution in [3.05, 3.63) is 29.8 Å². The van der Waals surface area contributed by atoms with Gasteiger partial charge in [0.1, 0.15) is 6.54 Å². The fraction of sp³-hybridized carbons (Fsp3) is 0.429. The third kappa shape index (κ3) is 4.56. The molecule has 0 radical (unpaired) electrons. The zero-order valence-electron chi connectivity index (χ0n) is 12.1. The summed E-state index contributed by atoms with van der Waals surface area (Å²) in [4.78, 5) is 24.4. The van der Waals surface area contributed by atoms with Crippen molar-refractivity contribution in [3.8, 4) is 0 Å². The molecule has 1 amide bonds. The second kappa shape index (κ2) is 7.21. The summed E-state index contributed by atoms with van der Waals surface area (Å²) in [5.74, 6) is -1.64. The fourth-order valence-electron chi connectivity index (χ4n) is 1.86. The molecule has 0 heterocycles. The molecule has 0 fully saturated rings. The molecule has 0 aromatic heterocycles. The monoisotopic (exact) mass is 313 g/mol. The van der Waals surface area contributed by atoms with Gasteiger partial charge < -0.3 is 10.0 Å². The first kappa shape index (κ1) is 17.2. The minimum atomic E-state index is -3.40. The summed E-state index contributed by atoms with van der Waals surface area (Å²) < 4.78 is 23.7. The highest BCUT2D eigenvalue weighted by Gasteiger charge is 2.20. The number of hydrogen-bond acceptors (Lipinski definition) is 4. The summed E-state index contributed by atoms with van der Waals surface area (Å²) in [6.45, 7) is 3.26.